The zero-order chi connectivity index (χ0) is 11.7. The van der Waals surface area contributed by atoms with Crippen molar-refractivity contribution in [1.29, 1.82) is 0 Å². The minimum Gasteiger partial charge on any atom is -0.441 e. The molecule has 0 saturated heterocycles. The summed E-state index contributed by atoms with van der Waals surface area (Å²) in [5, 5.41) is 0. The summed E-state index contributed by atoms with van der Waals surface area (Å²) in [6.45, 7) is 3.53. The van der Waals surface area contributed by atoms with E-state index in [4.69, 9.17) is 10.2 Å². The number of rotatable bonds is 2. The first kappa shape index (κ1) is 10.4. The van der Waals surface area contributed by atoms with E-state index in [-0.39, 0.29) is 5.69 Å². The van der Waals surface area contributed by atoms with Crippen molar-refractivity contribution < 1.29 is 9.21 Å². The second-order valence-electron chi connectivity index (χ2n) is 3.47. The summed E-state index contributed by atoms with van der Waals surface area (Å²) < 4.78 is 5.38. The van der Waals surface area contributed by atoms with Gasteiger partial charge in [0.2, 0.25) is 5.89 Å². The number of hydrogen-bond acceptors (Lipinski definition) is 4. The molecule has 2 heterocycles. The number of amides is 1. The van der Waals surface area contributed by atoms with Crippen LogP contribution in [-0.4, -0.2) is 15.9 Å². The van der Waals surface area contributed by atoms with Crippen LogP contribution in [0.1, 0.15) is 21.9 Å². The highest BCUT2D eigenvalue weighted by atomic mass is 16.4. The topological polar surface area (TPSA) is 82.0 Å². The molecule has 0 saturated carbocycles. The molecule has 5 heteroatoms. The number of nitrogens with zero attached hydrogens (tertiary/aromatic N) is 2. The number of hydrogen-bond donors (Lipinski definition) is 1. The van der Waals surface area contributed by atoms with Gasteiger partial charge in [0.05, 0.1) is 0 Å². The van der Waals surface area contributed by atoms with Crippen molar-refractivity contribution >= 4 is 5.91 Å². The van der Waals surface area contributed by atoms with E-state index in [9.17, 15) is 4.79 Å². The summed E-state index contributed by atoms with van der Waals surface area (Å²) in [7, 11) is 0. The number of carbonyl (C=O) groups excluding carboxylic acids is 1. The van der Waals surface area contributed by atoms with Gasteiger partial charge in [-0.25, -0.2) is 4.98 Å². The minimum atomic E-state index is -0.585. The van der Waals surface area contributed by atoms with Crippen LogP contribution >= 0.6 is 0 Å². The molecule has 16 heavy (non-hydrogen) atoms. The molecule has 82 valence electrons. The highest BCUT2D eigenvalue weighted by Gasteiger charge is 2.15. The summed E-state index contributed by atoms with van der Waals surface area (Å²) in [5.74, 6) is 0.229. The van der Waals surface area contributed by atoms with Crippen LogP contribution in [0.25, 0.3) is 11.5 Å². The monoisotopic (exact) mass is 217 g/mol. The lowest BCUT2D eigenvalue weighted by Crippen LogP contribution is -2.12. The molecule has 5 nitrogen and oxygen atoms in total. The SMILES string of the molecule is Cc1cc(-c2nc(C(N)=O)c(C)o2)ccn1. The third kappa shape index (κ3) is 1.79. The number of primary amides is 1. The summed E-state index contributed by atoms with van der Waals surface area (Å²) in [5.41, 5.74) is 6.97. The Morgan fingerprint density at radius 3 is 2.75 bits per heavy atom. The van der Waals surface area contributed by atoms with E-state index in [1.54, 1.807) is 19.2 Å². The fourth-order valence-electron chi connectivity index (χ4n) is 1.43. The summed E-state index contributed by atoms with van der Waals surface area (Å²) in [4.78, 5) is 19.1. The van der Waals surface area contributed by atoms with Gasteiger partial charge in [-0.2, -0.15) is 0 Å². The Labute approximate surface area is 92.3 Å². The van der Waals surface area contributed by atoms with Crippen LogP contribution in [0.15, 0.2) is 22.7 Å². The first-order valence-electron chi connectivity index (χ1n) is 4.78. The van der Waals surface area contributed by atoms with Crippen molar-refractivity contribution in [2.45, 2.75) is 13.8 Å². The van der Waals surface area contributed by atoms with E-state index in [0.29, 0.717) is 11.7 Å². The van der Waals surface area contributed by atoms with E-state index in [1.807, 2.05) is 13.0 Å². The Kier molecular flexibility index (Phi) is 2.44. The quantitative estimate of drug-likeness (QED) is 0.825. The molecular formula is C11H11N3O2. The lowest BCUT2D eigenvalue weighted by Gasteiger charge is -1.95. The van der Waals surface area contributed by atoms with Crippen molar-refractivity contribution in [3.8, 4) is 11.5 Å². The summed E-state index contributed by atoms with van der Waals surface area (Å²) in [6.07, 6.45) is 1.66. The third-order valence-corrected chi connectivity index (χ3v) is 2.17. The Bertz CT molecular complexity index is 546. The van der Waals surface area contributed by atoms with Crippen molar-refractivity contribution in [3.63, 3.8) is 0 Å². The fraction of sp³-hybridized carbons (Fsp3) is 0.182. The Morgan fingerprint density at radius 2 is 2.19 bits per heavy atom. The van der Waals surface area contributed by atoms with Gasteiger partial charge >= 0.3 is 0 Å². The van der Waals surface area contributed by atoms with Crippen LogP contribution in [-0.2, 0) is 0 Å². The van der Waals surface area contributed by atoms with Crippen LogP contribution in [0.2, 0.25) is 0 Å². The molecule has 0 unspecified atom stereocenters. The zero-order valence-corrected chi connectivity index (χ0v) is 9.02. The van der Waals surface area contributed by atoms with Gasteiger partial charge in [0.1, 0.15) is 5.76 Å². The maximum Gasteiger partial charge on any atom is 0.270 e. The molecular weight excluding hydrogens is 206 g/mol. The van der Waals surface area contributed by atoms with Gasteiger partial charge in [-0.1, -0.05) is 0 Å². The van der Waals surface area contributed by atoms with Gasteiger partial charge in [-0.05, 0) is 26.0 Å². The molecule has 0 aliphatic carbocycles. The largest absolute Gasteiger partial charge is 0.441 e. The molecule has 2 N–H and O–H groups in total. The standard InChI is InChI=1S/C11H11N3O2/c1-6-5-8(3-4-13-6)11-14-9(10(12)15)7(2)16-11/h3-5H,1-2H3,(H2,12,15). The first-order valence-corrected chi connectivity index (χ1v) is 4.78. The number of oxazole rings is 1. The van der Waals surface area contributed by atoms with E-state index in [0.717, 1.165) is 11.3 Å². The second kappa shape index (κ2) is 3.77. The van der Waals surface area contributed by atoms with E-state index < -0.39 is 5.91 Å². The van der Waals surface area contributed by atoms with Crippen LogP contribution in [0.3, 0.4) is 0 Å². The average Bonchev–Trinajstić information content (AvgIpc) is 2.60. The highest BCUT2D eigenvalue weighted by molar-refractivity contribution is 5.92. The third-order valence-electron chi connectivity index (χ3n) is 2.17. The average molecular weight is 217 g/mol. The smallest absolute Gasteiger partial charge is 0.270 e. The molecule has 2 aromatic rings. The van der Waals surface area contributed by atoms with E-state index in [2.05, 4.69) is 9.97 Å². The van der Waals surface area contributed by atoms with Gasteiger partial charge in [-0.15, -0.1) is 0 Å². The molecule has 0 aliphatic heterocycles. The first-order chi connectivity index (χ1) is 7.58. The Balaban J connectivity index is 2.49. The molecule has 0 aliphatic rings. The van der Waals surface area contributed by atoms with Crippen LogP contribution in [0.5, 0.6) is 0 Å². The number of nitrogens with two attached hydrogens (primary N) is 1. The molecule has 2 rings (SSSR count). The maximum atomic E-state index is 11.0. The van der Waals surface area contributed by atoms with Gasteiger partial charge < -0.3 is 10.2 Å². The van der Waals surface area contributed by atoms with E-state index >= 15 is 0 Å². The van der Waals surface area contributed by atoms with Gasteiger partial charge in [0.15, 0.2) is 5.69 Å². The summed E-state index contributed by atoms with van der Waals surface area (Å²) in [6, 6.07) is 3.60. The predicted octanol–water partition coefficient (Wildman–Crippen LogP) is 1.45. The lowest BCUT2D eigenvalue weighted by atomic mass is 10.2. The van der Waals surface area contributed by atoms with Crippen molar-refractivity contribution in [2.75, 3.05) is 0 Å². The second-order valence-corrected chi connectivity index (χ2v) is 3.47. The predicted molar refractivity (Wildman–Crippen MR) is 57.7 cm³/mol. The number of carbonyl (C=O) groups is 1. The van der Waals surface area contributed by atoms with E-state index in [1.165, 1.54) is 0 Å². The minimum absolute atomic E-state index is 0.171. The van der Waals surface area contributed by atoms with Crippen molar-refractivity contribution in [2.24, 2.45) is 5.73 Å². The molecule has 1 amide bonds. The molecule has 0 aromatic carbocycles. The van der Waals surface area contributed by atoms with Crippen LogP contribution < -0.4 is 5.73 Å². The van der Waals surface area contributed by atoms with Crippen molar-refractivity contribution in [1.82, 2.24) is 9.97 Å². The summed E-state index contributed by atoms with van der Waals surface area (Å²) >= 11 is 0. The van der Waals surface area contributed by atoms with Gasteiger partial charge in [0.25, 0.3) is 5.91 Å². The molecule has 0 fully saturated rings. The Morgan fingerprint density at radius 1 is 1.44 bits per heavy atom. The number of pyridine rings is 1. The lowest BCUT2D eigenvalue weighted by molar-refractivity contribution is 0.0995. The van der Waals surface area contributed by atoms with Crippen LogP contribution in [0.4, 0.5) is 0 Å². The Hall–Kier alpha value is -2.17. The molecule has 2 aromatic heterocycles. The van der Waals surface area contributed by atoms with Crippen LogP contribution in [0, 0.1) is 13.8 Å². The molecule has 0 radical (unpaired) electrons. The highest BCUT2D eigenvalue weighted by Crippen LogP contribution is 2.21. The molecule has 0 spiro atoms. The zero-order valence-electron chi connectivity index (χ0n) is 9.02. The normalized spacial score (nSPS) is 10.4. The van der Waals surface area contributed by atoms with Crippen molar-refractivity contribution in [3.05, 3.63) is 35.5 Å². The van der Waals surface area contributed by atoms with Gasteiger partial charge in [-0.3, -0.25) is 9.78 Å². The number of aryl methyl sites for hydroxylation is 2. The molecule has 0 atom stereocenters. The fourth-order valence-corrected chi connectivity index (χ4v) is 1.43. The maximum absolute atomic E-state index is 11.0. The number of aromatic nitrogens is 2. The van der Waals surface area contributed by atoms with Gasteiger partial charge in [0, 0.05) is 17.5 Å². The molecule has 0 bridgehead atoms.